The summed E-state index contributed by atoms with van der Waals surface area (Å²) in [6.45, 7) is 0.593. The summed E-state index contributed by atoms with van der Waals surface area (Å²) in [6.07, 6.45) is 11.1. The summed E-state index contributed by atoms with van der Waals surface area (Å²) >= 11 is 0. The molecule has 0 spiro atoms. The zero-order valence-electron chi connectivity index (χ0n) is 11.9. The van der Waals surface area contributed by atoms with E-state index in [2.05, 4.69) is 27.2 Å². The molecule has 0 bridgehead atoms. The first-order valence-corrected chi connectivity index (χ1v) is 7.70. The molecule has 110 valence electrons. The van der Waals surface area contributed by atoms with E-state index in [1.54, 1.807) is 0 Å². The molecular formula is C15H23N3O2. The van der Waals surface area contributed by atoms with Crippen LogP contribution in [0.5, 0.6) is 0 Å². The maximum Gasteiger partial charge on any atom is 0.0910 e. The van der Waals surface area contributed by atoms with Gasteiger partial charge in [0.2, 0.25) is 0 Å². The summed E-state index contributed by atoms with van der Waals surface area (Å²) in [4.78, 5) is 0. The molecule has 5 nitrogen and oxygen atoms in total. The highest BCUT2D eigenvalue weighted by molar-refractivity contribution is 5.84. The minimum absolute atomic E-state index is 0.275. The van der Waals surface area contributed by atoms with E-state index in [-0.39, 0.29) is 6.10 Å². The van der Waals surface area contributed by atoms with Gasteiger partial charge in [0.1, 0.15) is 0 Å². The Hall–Kier alpha value is -1.36. The van der Waals surface area contributed by atoms with Crippen LogP contribution in [0.4, 0.5) is 0 Å². The average molecular weight is 277 g/mol. The van der Waals surface area contributed by atoms with E-state index in [9.17, 15) is 0 Å². The zero-order valence-corrected chi connectivity index (χ0v) is 11.9. The van der Waals surface area contributed by atoms with Crippen molar-refractivity contribution < 1.29 is 9.94 Å². The van der Waals surface area contributed by atoms with Gasteiger partial charge in [-0.1, -0.05) is 18.0 Å². The molecule has 1 heterocycles. The third-order valence-corrected chi connectivity index (χ3v) is 4.48. The van der Waals surface area contributed by atoms with Gasteiger partial charge in [0, 0.05) is 6.20 Å². The zero-order chi connectivity index (χ0) is 13.8. The van der Waals surface area contributed by atoms with Crippen LogP contribution in [-0.2, 0) is 11.3 Å². The fourth-order valence-electron chi connectivity index (χ4n) is 3.22. The Morgan fingerprint density at radius 1 is 1.25 bits per heavy atom. The highest BCUT2D eigenvalue weighted by Gasteiger charge is 2.20. The van der Waals surface area contributed by atoms with Crippen LogP contribution in [0.3, 0.4) is 0 Å². The molecule has 2 aliphatic rings. The molecular weight excluding hydrogens is 254 g/mol. The molecule has 2 saturated carbocycles. The Morgan fingerprint density at radius 2 is 2.00 bits per heavy atom. The van der Waals surface area contributed by atoms with Crippen LogP contribution in [0.2, 0.25) is 0 Å². The molecule has 2 fully saturated rings. The van der Waals surface area contributed by atoms with Crippen molar-refractivity contribution in [3.63, 3.8) is 0 Å². The lowest BCUT2D eigenvalue weighted by Gasteiger charge is -2.22. The SMILES string of the molecule is ON=C1CCC(OCc2ccn(C3CCCC3)n2)CC1. The first-order valence-electron chi connectivity index (χ1n) is 7.70. The van der Waals surface area contributed by atoms with Gasteiger partial charge in [-0.2, -0.15) is 5.10 Å². The lowest BCUT2D eigenvalue weighted by molar-refractivity contribution is 0.0256. The number of oxime groups is 1. The van der Waals surface area contributed by atoms with Gasteiger partial charge in [-0.3, -0.25) is 4.68 Å². The topological polar surface area (TPSA) is 59.6 Å². The fourth-order valence-corrected chi connectivity index (χ4v) is 3.22. The summed E-state index contributed by atoms with van der Waals surface area (Å²) in [5.41, 5.74) is 1.92. The van der Waals surface area contributed by atoms with Crippen LogP contribution in [-0.4, -0.2) is 26.8 Å². The van der Waals surface area contributed by atoms with E-state index >= 15 is 0 Å². The number of hydrogen-bond acceptors (Lipinski definition) is 4. The number of aromatic nitrogens is 2. The highest BCUT2D eigenvalue weighted by atomic mass is 16.5. The van der Waals surface area contributed by atoms with E-state index in [1.807, 2.05) is 0 Å². The standard InChI is InChI=1S/C15H23N3O2/c19-17-12-5-7-15(8-6-12)20-11-13-9-10-18(16-13)14-3-1-2-4-14/h9-10,14-15,19H,1-8,11H2. The lowest BCUT2D eigenvalue weighted by Crippen LogP contribution is -2.21. The quantitative estimate of drug-likeness (QED) is 0.678. The molecule has 1 aromatic heterocycles. The van der Waals surface area contributed by atoms with E-state index in [0.29, 0.717) is 12.6 Å². The highest BCUT2D eigenvalue weighted by Crippen LogP contribution is 2.28. The maximum absolute atomic E-state index is 8.73. The van der Waals surface area contributed by atoms with E-state index in [0.717, 1.165) is 37.1 Å². The molecule has 0 aromatic carbocycles. The van der Waals surface area contributed by atoms with Crippen molar-refractivity contribution >= 4 is 5.71 Å². The van der Waals surface area contributed by atoms with Crippen molar-refractivity contribution in [1.29, 1.82) is 0 Å². The molecule has 0 amide bonds. The number of hydrogen-bond donors (Lipinski definition) is 1. The van der Waals surface area contributed by atoms with Crippen molar-refractivity contribution in [2.24, 2.45) is 5.16 Å². The average Bonchev–Trinajstić information content (AvgIpc) is 3.16. The van der Waals surface area contributed by atoms with Crippen LogP contribution in [0.25, 0.3) is 0 Å². The molecule has 1 N–H and O–H groups in total. The molecule has 1 aromatic rings. The Bertz CT molecular complexity index is 453. The summed E-state index contributed by atoms with van der Waals surface area (Å²) in [7, 11) is 0. The molecule has 2 aliphatic carbocycles. The summed E-state index contributed by atoms with van der Waals surface area (Å²) in [5, 5.41) is 16.7. The summed E-state index contributed by atoms with van der Waals surface area (Å²) < 4.78 is 8.04. The smallest absolute Gasteiger partial charge is 0.0910 e. The van der Waals surface area contributed by atoms with E-state index < -0.39 is 0 Å². The molecule has 0 aliphatic heterocycles. The van der Waals surface area contributed by atoms with Crippen molar-refractivity contribution in [2.45, 2.75) is 70.1 Å². The predicted molar refractivity (Wildman–Crippen MR) is 76.0 cm³/mol. The first-order chi connectivity index (χ1) is 9.85. The van der Waals surface area contributed by atoms with Gasteiger partial charge in [0.05, 0.1) is 30.2 Å². The van der Waals surface area contributed by atoms with Gasteiger partial charge in [0.15, 0.2) is 0 Å². The van der Waals surface area contributed by atoms with Crippen LogP contribution in [0, 0.1) is 0 Å². The Labute approximate surface area is 119 Å². The van der Waals surface area contributed by atoms with Crippen molar-refractivity contribution in [2.75, 3.05) is 0 Å². The monoisotopic (exact) mass is 277 g/mol. The van der Waals surface area contributed by atoms with Gasteiger partial charge in [-0.05, 0) is 44.6 Å². The van der Waals surface area contributed by atoms with Crippen molar-refractivity contribution in [3.05, 3.63) is 18.0 Å². The minimum Gasteiger partial charge on any atom is -0.411 e. The number of ether oxygens (including phenoxy) is 1. The number of rotatable bonds is 4. The van der Waals surface area contributed by atoms with Gasteiger partial charge < -0.3 is 9.94 Å². The van der Waals surface area contributed by atoms with E-state index in [1.165, 1.54) is 25.7 Å². The van der Waals surface area contributed by atoms with Crippen LogP contribution in [0.15, 0.2) is 17.4 Å². The molecule has 0 atom stereocenters. The largest absolute Gasteiger partial charge is 0.411 e. The Kier molecular flexibility index (Phi) is 4.35. The maximum atomic E-state index is 8.73. The van der Waals surface area contributed by atoms with Gasteiger partial charge in [-0.15, -0.1) is 0 Å². The number of nitrogens with zero attached hydrogens (tertiary/aromatic N) is 3. The second-order valence-corrected chi connectivity index (χ2v) is 5.90. The molecule has 20 heavy (non-hydrogen) atoms. The van der Waals surface area contributed by atoms with Crippen molar-refractivity contribution in [1.82, 2.24) is 9.78 Å². The summed E-state index contributed by atoms with van der Waals surface area (Å²) in [5.74, 6) is 0. The Balaban J connectivity index is 1.47. The lowest BCUT2D eigenvalue weighted by atomic mass is 9.96. The van der Waals surface area contributed by atoms with Crippen LogP contribution < -0.4 is 0 Å². The third kappa shape index (κ3) is 3.20. The van der Waals surface area contributed by atoms with Gasteiger partial charge >= 0.3 is 0 Å². The summed E-state index contributed by atoms with van der Waals surface area (Å²) in [6, 6.07) is 2.67. The molecule has 0 unspecified atom stereocenters. The molecule has 5 heteroatoms. The van der Waals surface area contributed by atoms with E-state index in [4.69, 9.17) is 9.94 Å². The predicted octanol–water partition coefficient (Wildman–Crippen LogP) is 3.29. The molecule has 3 rings (SSSR count). The molecule has 0 saturated heterocycles. The third-order valence-electron chi connectivity index (χ3n) is 4.48. The fraction of sp³-hybridized carbons (Fsp3) is 0.733. The van der Waals surface area contributed by atoms with Gasteiger partial charge in [-0.25, -0.2) is 0 Å². The minimum atomic E-state index is 0.275. The van der Waals surface area contributed by atoms with Gasteiger partial charge in [0.25, 0.3) is 0 Å². The first kappa shape index (κ1) is 13.6. The van der Waals surface area contributed by atoms with Crippen LogP contribution >= 0.6 is 0 Å². The van der Waals surface area contributed by atoms with Crippen molar-refractivity contribution in [3.8, 4) is 0 Å². The van der Waals surface area contributed by atoms with Crippen LogP contribution in [0.1, 0.15) is 63.1 Å². The normalized spacial score (nSPS) is 24.2. The molecule has 0 radical (unpaired) electrons. The second-order valence-electron chi connectivity index (χ2n) is 5.90. The Morgan fingerprint density at radius 3 is 2.70 bits per heavy atom. The second kappa shape index (κ2) is 6.39.